The first-order chi connectivity index (χ1) is 26.3. The summed E-state index contributed by atoms with van der Waals surface area (Å²) in [5.41, 5.74) is 15.1. The highest BCUT2D eigenvalue weighted by molar-refractivity contribution is 6.01. The largest absolute Gasteiger partial charge is 0.310 e. The Balaban J connectivity index is 1.29. The van der Waals surface area contributed by atoms with Crippen molar-refractivity contribution in [2.75, 3.05) is 4.90 Å². The molecule has 0 heterocycles. The Morgan fingerprint density at radius 1 is 0.245 bits per heavy atom. The molecule has 0 spiro atoms. The number of benzene rings is 9. The van der Waals surface area contributed by atoms with Gasteiger partial charge in [-0.1, -0.05) is 188 Å². The fourth-order valence-electron chi connectivity index (χ4n) is 7.49. The molecule has 53 heavy (non-hydrogen) atoms. The average molecular weight is 676 g/mol. The van der Waals surface area contributed by atoms with Crippen LogP contribution in [-0.4, -0.2) is 0 Å². The number of nitrogens with zero attached hydrogens (tertiary/aromatic N) is 1. The molecule has 0 fully saturated rings. The maximum Gasteiger partial charge on any atom is 0.0546 e. The lowest BCUT2D eigenvalue weighted by Crippen LogP contribution is -2.12. The lowest BCUT2D eigenvalue weighted by Gasteiger charge is -2.30. The molecule has 0 amide bonds. The van der Waals surface area contributed by atoms with Gasteiger partial charge in [0, 0.05) is 16.9 Å². The van der Waals surface area contributed by atoms with E-state index in [9.17, 15) is 0 Å². The van der Waals surface area contributed by atoms with Gasteiger partial charge in [-0.05, 0) is 97.2 Å². The average Bonchev–Trinajstić information content (AvgIpc) is 3.25. The molecule has 0 bridgehead atoms. The molecule has 0 aliphatic heterocycles. The molecule has 9 aromatic carbocycles. The monoisotopic (exact) mass is 675 g/mol. The van der Waals surface area contributed by atoms with Crippen molar-refractivity contribution in [2.45, 2.75) is 0 Å². The summed E-state index contributed by atoms with van der Waals surface area (Å²) < 4.78 is 0. The molecule has 0 radical (unpaired) electrons. The molecule has 0 aromatic heterocycles. The Kier molecular flexibility index (Phi) is 8.66. The zero-order chi connectivity index (χ0) is 35.4. The fraction of sp³-hybridized carbons (Fsp3) is 0. The molecule has 0 saturated carbocycles. The van der Waals surface area contributed by atoms with E-state index in [2.05, 4.69) is 229 Å². The molecule has 9 aromatic rings. The van der Waals surface area contributed by atoms with Crippen LogP contribution in [0.4, 0.5) is 17.1 Å². The van der Waals surface area contributed by atoms with Crippen molar-refractivity contribution in [2.24, 2.45) is 0 Å². The minimum Gasteiger partial charge on any atom is -0.310 e. The Morgan fingerprint density at radius 2 is 0.736 bits per heavy atom. The fourth-order valence-corrected chi connectivity index (χ4v) is 7.49. The van der Waals surface area contributed by atoms with Gasteiger partial charge in [0.25, 0.3) is 0 Å². The molecule has 250 valence electrons. The maximum atomic E-state index is 2.43. The predicted octanol–water partition coefficient (Wildman–Crippen LogP) is 14.6. The molecule has 0 atom stereocenters. The Labute approximate surface area is 311 Å². The van der Waals surface area contributed by atoms with Crippen LogP contribution in [0.5, 0.6) is 0 Å². The molecular weight excluding hydrogens is 639 g/mol. The second kappa shape index (κ2) is 14.3. The molecule has 0 aliphatic carbocycles. The van der Waals surface area contributed by atoms with E-state index in [-0.39, 0.29) is 0 Å². The van der Waals surface area contributed by atoms with Crippen LogP contribution in [-0.2, 0) is 0 Å². The van der Waals surface area contributed by atoms with Gasteiger partial charge in [0.1, 0.15) is 0 Å². The summed E-state index contributed by atoms with van der Waals surface area (Å²) in [6.45, 7) is 0. The van der Waals surface area contributed by atoms with Crippen molar-refractivity contribution < 1.29 is 0 Å². The summed E-state index contributed by atoms with van der Waals surface area (Å²) in [7, 11) is 0. The first-order valence-corrected chi connectivity index (χ1v) is 18.2. The predicted molar refractivity (Wildman–Crippen MR) is 226 cm³/mol. The lowest BCUT2D eigenvalue weighted by molar-refractivity contribution is 1.28. The maximum absolute atomic E-state index is 2.43. The topological polar surface area (TPSA) is 3.24 Å². The zero-order valence-corrected chi connectivity index (χ0v) is 29.3. The van der Waals surface area contributed by atoms with E-state index in [0.717, 1.165) is 17.1 Å². The van der Waals surface area contributed by atoms with E-state index in [1.54, 1.807) is 0 Å². The zero-order valence-electron chi connectivity index (χ0n) is 29.3. The summed E-state index contributed by atoms with van der Waals surface area (Å²) in [6.07, 6.45) is 0. The number of rotatable bonds is 8. The van der Waals surface area contributed by atoms with Crippen molar-refractivity contribution in [1.29, 1.82) is 0 Å². The number of anilines is 3. The lowest BCUT2D eigenvalue weighted by atomic mass is 9.87. The molecule has 0 N–H and O–H groups in total. The van der Waals surface area contributed by atoms with Crippen LogP contribution in [0.15, 0.2) is 224 Å². The van der Waals surface area contributed by atoms with Gasteiger partial charge in [-0.15, -0.1) is 0 Å². The highest BCUT2D eigenvalue weighted by Crippen LogP contribution is 2.48. The normalized spacial score (nSPS) is 11.0. The molecular formula is C52H37N. The van der Waals surface area contributed by atoms with Crippen LogP contribution in [0.3, 0.4) is 0 Å². The number of hydrogen-bond donors (Lipinski definition) is 0. The molecule has 0 saturated heterocycles. The van der Waals surface area contributed by atoms with Crippen LogP contribution in [0.1, 0.15) is 0 Å². The van der Waals surface area contributed by atoms with Gasteiger partial charge in [0.15, 0.2) is 0 Å². The van der Waals surface area contributed by atoms with E-state index < -0.39 is 0 Å². The van der Waals surface area contributed by atoms with Crippen molar-refractivity contribution in [3.05, 3.63) is 224 Å². The molecule has 9 rings (SSSR count). The first-order valence-electron chi connectivity index (χ1n) is 18.2. The molecule has 1 nitrogen and oxygen atoms in total. The third-order valence-corrected chi connectivity index (χ3v) is 10.1. The van der Waals surface area contributed by atoms with Crippen molar-refractivity contribution >= 4 is 27.8 Å². The van der Waals surface area contributed by atoms with Gasteiger partial charge in [0.05, 0.1) is 5.69 Å². The van der Waals surface area contributed by atoms with E-state index in [0.29, 0.717) is 0 Å². The third-order valence-electron chi connectivity index (χ3n) is 10.1. The molecule has 0 aliphatic rings. The van der Waals surface area contributed by atoms with Crippen molar-refractivity contribution in [3.63, 3.8) is 0 Å². The van der Waals surface area contributed by atoms with E-state index in [1.165, 1.54) is 66.4 Å². The van der Waals surface area contributed by atoms with Crippen LogP contribution in [0.2, 0.25) is 0 Å². The van der Waals surface area contributed by atoms with Crippen LogP contribution >= 0.6 is 0 Å². The highest BCUT2D eigenvalue weighted by atomic mass is 15.1. The van der Waals surface area contributed by atoms with Crippen LogP contribution in [0.25, 0.3) is 66.4 Å². The van der Waals surface area contributed by atoms with E-state index in [4.69, 9.17) is 0 Å². The summed E-state index contributed by atoms with van der Waals surface area (Å²) in [4.78, 5) is 2.43. The quantitative estimate of drug-likeness (QED) is 0.155. The minimum absolute atomic E-state index is 1.09. The highest BCUT2D eigenvalue weighted by Gasteiger charge is 2.23. The van der Waals surface area contributed by atoms with Gasteiger partial charge in [-0.25, -0.2) is 0 Å². The SMILES string of the molecule is c1ccc(-c2ccc(N(c3cccc(-c4ccc5ccccc5c4)c3)c3cccc(-c4ccccc4)c3-c3ccccc3-c3ccccc3)cc2)cc1. The van der Waals surface area contributed by atoms with E-state index >= 15 is 0 Å². The summed E-state index contributed by atoms with van der Waals surface area (Å²) in [6, 6.07) is 80.9. The summed E-state index contributed by atoms with van der Waals surface area (Å²) >= 11 is 0. The molecule has 1 heteroatoms. The van der Waals surface area contributed by atoms with E-state index in [1.807, 2.05) is 0 Å². The smallest absolute Gasteiger partial charge is 0.0546 e. The second-order valence-electron chi connectivity index (χ2n) is 13.3. The van der Waals surface area contributed by atoms with Crippen LogP contribution in [0, 0.1) is 0 Å². The second-order valence-corrected chi connectivity index (χ2v) is 13.3. The standard InChI is InChI=1S/C52H37N/c1-4-16-38(17-5-1)40-32-34-46(35-33-40)53(47-25-14-24-44(37-47)45-31-30-39-18-10-11-23-43(39)36-45)51-29-15-28-49(42-21-8-3-9-22-42)52(51)50-27-13-12-26-48(50)41-19-6-2-7-20-41/h1-37H. The van der Waals surface area contributed by atoms with Gasteiger partial charge in [-0.2, -0.15) is 0 Å². The Hall–Kier alpha value is -6.96. The minimum atomic E-state index is 1.09. The summed E-state index contributed by atoms with van der Waals surface area (Å²) in [5.74, 6) is 0. The summed E-state index contributed by atoms with van der Waals surface area (Å²) in [5, 5.41) is 2.48. The number of hydrogen-bond acceptors (Lipinski definition) is 1. The Bertz CT molecular complexity index is 2640. The Morgan fingerprint density at radius 3 is 1.45 bits per heavy atom. The van der Waals surface area contributed by atoms with Crippen molar-refractivity contribution in [1.82, 2.24) is 0 Å². The first kappa shape index (κ1) is 32.0. The third kappa shape index (κ3) is 6.42. The van der Waals surface area contributed by atoms with Gasteiger partial charge in [0.2, 0.25) is 0 Å². The van der Waals surface area contributed by atoms with Crippen LogP contribution < -0.4 is 4.90 Å². The number of fused-ring (bicyclic) bond motifs is 1. The molecule has 0 unspecified atom stereocenters. The van der Waals surface area contributed by atoms with Crippen molar-refractivity contribution in [3.8, 4) is 55.6 Å². The van der Waals surface area contributed by atoms with Gasteiger partial charge >= 0.3 is 0 Å². The van der Waals surface area contributed by atoms with Gasteiger partial charge < -0.3 is 4.90 Å². The van der Waals surface area contributed by atoms with Gasteiger partial charge in [-0.3, -0.25) is 0 Å².